The minimum atomic E-state index is -0.157. The van der Waals surface area contributed by atoms with E-state index in [1.54, 1.807) is 18.6 Å². The molecule has 3 atom stereocenters. The summed E-state index contributed by atoms with van der Waals surface area (Å²) in [5.41, 5.74) is 1.67. The molecule has 6 heteroatoms. The second-order valence-corrected chi connectivity index (χ2v) is 5.75. The molecule has 2 aliphatic rings. The van der Waals surface area contributed by atoms with Gasteiger partial charge in [0.05, 0.1) is 11.9 Å². The fourth-order valence-electron chi connectivity index (χ4n) is 3.27. The fraction of sp³-hybridized carbons (Fsp3) is 0.400. The van der Waals surface area contributed by atoms with Crippen molar-refractivity contribution in [2.75, 3.05) is 19.6 Å². The summed E-state index contributed by atoms with van der Waals surface area (Å²) in [7, 11) is 0. The molecular weight excluding hydrogens is 266 g/mol. The monoisotopic (exact) mass is 283 g/mol. The van der Waals surface area contributed by atoms with E-state index in [9.17, 15) is 4.79 Å². The van der Waals surface area contributed by atoms with Gasteiger partial charge in [-0.3, -0.25) is 4.98 Å². The van der Waals surface area contributed by atoms with Crippen molar-refractivity contribution in [1.29, 1.82) is 0 Å². The Hall–Kier alpha value is -2.21. The van der Waals surface area contributed by atoms with Crippen LogP contribution in [0.5, 0.6) is 0 Å². The van der Waals surface area contributed by atoms with Gasteiger partial charge in [0.15, 0.2) is 0 Å². The Kier molecular flexibility index (Phi) is 2.96. The maximum atomic E-state index is 12.3. The molecule has 0 radical (unpaired) electrons. The number of pyridine rings is 1. The zero-order valence-corrected chi connectivity index (χ0v) is 11.6. The predicted octanol–water partition coefficient (Wildman–Crippen LogP) is 1.21. The number of aromatic nitrogens is 3. The van der Waals surface area contributed by atoms with E-state index in [1.807, 2.05) is 18.2 Å². The van der Waals surface area contributed by atoms with Gasteiger partial charge in [-0.15, -0.1) is 0 Å². The highest BCUT2D eigenvalue weighted by atomic mass is 16.2. The zero-order valence-electron chi connectivity index (χ0n) is 11.6. The summed E-state index contributed by atoms with van der Waals surface area (Å²) in [6.07, 6.45) is 6.32. The topological polar surface area (TPSA) is 63.1 Å². The first-order valence-corrected chi connectivity index (χ1v) is 7.29. The van der Waals surface area contributed by atoms with E-state index in [2.05, 4.69) is 20.3 Å². The Morgan fingerprint density at radius 3 is 3.00 bits per heavy atom. The van der Waals surface area contributed by atoms with Gasteiger partial charge >= 0.3 is 6.03 Å². The van der Waals surface area contributed by atoms with Gasteiger partial charge in [-0.25, -0.2) is 4.79 Å². The Morgan fingerprint density at radius 2 is 2.29 bits per heavy atom. The van der Waals surface area contributed by atoms with Gasteiger partial charge < -0.3 is 10.2 Å². The average molecular weight is 283 g/mol. The van der Waals surface area contributed by atoms with Crippen LogP contribution in [0, 0.1) is 5.92 Å². The van der Waals surface area contributed by atoms with Gasteiger partial charge in [0.25, 0.3) is 0 Å². The number of hydrogen-bond acceptors (Lipinski definition) is 4. The first-order chi connectivity index (χ1) is 10.3. The van der Waals surface area contributed by atoms with E-state index in [4.69, 9.17) is 0 Å². The van der Waals surface area contributed by atoms with Crippen LogP contribution in [0.4, 0.5) is 4.79 Å². The molecule has 0 saturated carbocycles. The number of piperidine rings is 1. The van der Waals surface area contributed by atoms with Crippen molar-refractivity contribution in [2.24, 2.45) is 5.92 Å². The molecule has 2 unspecified atom stereocenters. The summed E-state index contributed by atoms with van der Waals surface area (Å²) in [5.74, 6) is 0.597. The summed E-state index contributed by atoms with van der Waals surface area (Å²) >= 11 is 0. The molecule has 6 nitrogen and oxygen atoms in total. The Balaban J connectivity index is 1.47. The molecule has 2 fully saturated rings. The third-order valence-corrected chi connectivity index (χ3v) is 4.39. The number of hydrogen-bond donors (Lipinski definition) is 1. The van der Waals surface area contributed by atoms with Gasteiger partial charge in [-0.1, -0.05) is 6.07 Å². The quantitative estimate of drug-likeness (QED) is 0.900. The summed E-state index contributed by atoms with van der Waals surface area (Å²) in [6, 6.07) is 5.79. The van der Waals surface area contributed by atoms with Crippen molar-refractivity contribution in [3.05, 3.63) is 36.8 Å². The second kappa shape index (κ2) is 4.96. The number of carbonyl (C=O) groups is 1. The smallest absolute Gasteiger partial charge is 0.332 e. The Morgan fingerprint density at radius 1 is 1.33 bits per heavy atom. The van der Waals surface area contributed by atoms with Crippen molar-refractivity contribution in [3.63, 3.8) is 0 Å². The van der Waals surface area contributed by atoms with Crippen LogP contribution in [-0.4, -0.2) is 51.4 Å². The van der Waals surface area contributed by atoms with Crippen molar-refractivity contribution in [3.8, 4) is 11.3 Å². The van der Waals surface area contributed by atoms with Gasteiger partial charge in [-0.2, -0.15) is 9.78 Å². The largest absolute Gasteiger partial charge is 0.342 e. The van der Waals surface area contributed by atoms with Crippen LogP contribution in [0.15, 0.2) is 36.8 Å². The first-order valence-electron chi connectivity index (χ1n) is 7.29. The number of nitrogens with one attached hydrogen (secondary N) is 1. The van der Waals surface area contributed by atoms with E-state index >= 15 is 0 Å². The summed E-state index contributed by atoms with van der Waals surface area (Å²) in [4.78, 5) is 18.9. The van der Waals surface area contributed by atoms with Gasteiger partial charge in [-0.05, 0) is 31.0 Å². The van der Waals surface area contributed by atoms with E-state index in [1.165, 1.54) is 17.6 Å². The molecule has 2 bridgehead atoms. The second-order valence-electron chi connectivity index (χ2n) is 5.75. The molecule has 4 heterocycles. The van der Waals surface area contributed by atoms with Crippen molar-refractivity contribution in [1.82, 2.24) is 25.0 Å². The molecular formula is C15H17N5O. The number of amides is 1. The lowest BCUT2D eigenvalue weighted by molar-refractivity contribution is 0.228. The standard InChI is InChI=1S/C15H17N5O/c21-15(18-14-10-19-6-4-11(14)8-19)20-9-12(7-17-20)13-3-1-2-5-16-13/h1-3,5,7,9,11,14H,4,6,8,10H2,(H,18,21)/t11-,14?/m0/s1. The molecule has 2 aromatic rings. The number of rotatable bonds is 2. The molecule has 0 aliphatic carbocycles. The lowest BCUT2D eigenvalue weighted by atomic mass is 10.0. The molecule has 2 aliphatic heterocycles. The molecule has 4 rings (SSSR count). The Bertz CT molecular complexity index is 653. The van der Waals surface area contributed by atoms with Crippen LogP contribution in [0.1, 0.15) is 6.42 Å². The maximum Gasteiger partial charge on any atom is 0.342 e. The molecule has 21 heavy (non-hydrogen) atoms. The third-order valence-electron chi connectivity index (χ3n) is 4.39. The zero-order chi connectivity index (χ0) is 14.2. The molecule has 0 spiro atoms. The van der Waals surface area contributed by atoms with E-state index < -0.39 is 0 Å². The minimum Gasteiger partial charge on any atom is -0.332 e. The molecule has 108 valence electrons. The highest BCUT2D eigenvalue weighted by molar-refractivity contribution is 5.77. The van der Waals surface area contributed by atoms with Crippen LogP contribution >= 0.6 is 0 Å². The van der Waals surface area contributed by atoms with Gasteiger partial charge in [0, 0.05) is 37.1 Å². The van der Waals surface area contributed by atoms with Crippen LogP contribution in [-0.2, 0) is 0 Å². The van der Waals surface area contributed by atoms with E-state index in [0.29, 0.717) is 5.92 Å². The predicted molar refractivity (Wildman–Crippen MR) is 77.7 cm³/mol. The molecule has 1 N–H and O–H groups in total. The summed E-state index contributed by atoms with van der Waals surface area (Å²) in [5, 5.41) is 7.24. The summed E-state index contributed by atoms with van der Waals surface area (Å²) in [6.45, 7) is 3.25. The normalized spacial score (nSPS) is 27.0. The van der Waals surface area contributed by atoms with Crippen LogP contribution in [0.25, 0.3) is 11.3 Å². The average Bonchev–Trinajstić information content (AvgIpc) is 3.24. The number of carbonyl (C=O) groups excluding carboxylic acids is 1. The van der Waals surface area contributed by atoms with Crippen LogP contribution < -0.4 is 5.32 Å². The third kappa shape index (κ3) is 2.31. The van der Waals surface area contributed by atoms with E-state index in [0.717, 1.165) is 24.3 Å². The molecule has 2 aromatic heterocycles. The van der Waals surface area contributed by atoms with E-state index in [-0.39, 0.29) is 12.1 Å². The minimum absolute atomic E-state index is 0.157. The van der Waals surface area contributed by atoms with Crippen LogP contribution in [0.3, 0.4) is 0 Å². The maximum absolute atomic E-state index is 12.3. The highest BCUT2D eigenvalue weighted by Crippen LogP contribution is 2.27. The molecule has 2 saturated heterocycles. The molecule has 1 amide bonds. The number of fused-ring (bicyclic) bond motifs is 2. The summed E-state index contributed by atoms with van der Waals surface area (Å²) < 4.78 is 1.37. The lowest BCUT2D eigenvalue weighted by Gasteiger charge is -2.22. The number of nitrogens with zero attached hydrogens (tertiary/aromatic N) is 4. The first kappa shape index (κ1) is 12.5. The van der Waals surface area contributed by atoms with Crippen molar-refractivity contribution >= 4 is 6.03 Å². The highest BCUT2D eigenvalue weighted by Gasteiger charge is 2.38. The van der Waals surface area contributed by atoms with Gasteiger partial charge in [0.2, 0.25) is 0 Å². The SMILES string of the molecule is O=C(NC1CN2CC[C@H]1C2)n1cc(-c2ccccn2)cn1. The van der Waals surface area contributed by atoms with Crippen LogP contribution in [0.2, 0.25) is 0 Å². The molecule has 0 aromatic carbocycles. The van der Waals surface area contributed by atoms with Crippen molar-refractivity contribution in [2.45, 2.75) is 12.5 Å². The fourth-order valence-corrected chi connectivity index (χ4v) is 3.27. The Labute approximate surface area is 122 Å². The van der Waals surface area contributed by atoms with Crippen molar-refractivity contribution < 1.29 is 4.79 Å². The lowest BCUT2D eigenvalue weighted by Crippen LogP contribution is -2.45. The van der Waals surface area contributed by atoms with Gasteiger partial charge in [0.1, 0.15) is 0 Å².